The molecule has 0 aliphatic heterocycles. The molecule has 0 aromatic rings. The summed E-state index contributed by atoms with van der Waals surface area (Å²) in [6.07, 6.45) is 18.4. The molecule has 0 amide bonds. The van der Waals surface area contributed by atoms with Gasteiger partial charge in [-0.15, -0.1) is 0 Å². The van der Waals surface area contributed by atoms with E-state index in [2.05, 4.69) is 25.7 Å². The van der Waals surface area contributed by atoms with Gasteiger partial charge in [0, 0.05) is 6.61 Å². The van der Waals surface area contributed by atoms with Gasteiger partial charge in [0.15, 0.2) is 0 Å². The van der Waals surface area contributed by atoms with E-state index in [1.165, 1.54) is 83.5 Å². The van der Waals surface area contributed by atoms with Crippen molar-refractivity contribution in [1.82, 2.24) is 4.90 Å². The van der Waals surface area contributed by atoms with E-state index in [9.17, 15) is 0 Å². The van der Waals surface area contributed by atoms with Crippen molar-refractivity contribution in [2.45, 2.75) is 104 Å². The lowest BCUT2D eigenvalue weighted by Crippen LogP contribution is -2.26. The molecule has 0 spiro atoms. The van der Waals surface area contributed by atoms with E-state index in [0.29, 0.717) is 0 Å². The molecule has 0 atom stereocenters. The minimum atomic E-state index is 0.811. The smallest absolute Gasteiger partial charge is 0.0990 e. The molecule has 2 nitrogen and oxygen atoms in total. The highest BCUT2D eigenvalue weighted by molar-refractivity contribution is 4.49. The lowest BCUT2D eigenvalue weighted by molar-refractivity contribution is 0.0323. The van der Waals surface area contributed by atoms with Crippen molar-refractivity contribution in [3.63, 3.8) is 0 Å². The molecule has 0 aliphatic carbocycles. The van der Waals surface area contributed by atoms with Gasteiger partial charge in [-0.3, -0.25) is 4.90 Å². The first-order chi connectivity index (χ1) is 10.8. The summed E-state index contributed by atoms with van der Waals surface area (Å²) >= 11 is 0. The highest BCUT2D eigenvalue weighted by Gasteiger charge is 1.98. The van der Waals surface area contributed by atoms with Crippen LogP contribution in [-0.2, 0) is 4.74 Å². The third kappa shape index (κ3) is 16.3. The van der Waals surface area contributed by atoms with Gasteiger partial charge < -0.3 is 4.74 Å². The van der Waals surface area contributed by atoms with Crippen LogP contribution in [0.3, 0.4) is 0 Å². The topological polar surface area (TPSA) is 12.5 Å². The Labute approximate surface area is 141 Å². The van der Waals surface area contributed by atoms with Crippen LogP contribution in [0.1, 0.15) is 104 Å². The van der Waals surface area contributed by atoms with Crippen LogP contribution in [0.15, 0.2) is 0 Å². The first-order valence-electron chi connectivity index (χ1n) is 10.1. The summed E-state index contributed by atoms with van der Waals surface area (Å²) in [5.74, 6) is 0. The summed E-state index contributed by atoms with van der Waals surface area (Å²) in [5.41, 5.74) is 0. The lowest BCUT2D eigenvalue weighted by atomic mass is 10.0. The molecule has 0 N–H and O–H groups in total. The van der Waals surface area contributed by atoms with E-state index in [-0.39, 0.29) is 0 Å². The summed E-state index contributed by atoms with van der Waals surface area (Å²) in [5, 5.41) is 0. The van der Waals surface area contributed by atoms with Crippen molar-refractivity contribution < 1.29 is 4.74 Å². The zero-order valence-electron chi connectivity index (χ0n) is 15.9. The van der Waals surface area contributed by atoms with Gasteiger partial charge >= 0.3 is 0 Å². The molecule has 0 fully saturated rings. The predicted octanol–water partition coefficient (Wildman–Crippen LogP) is 6.39. The van der Waals surface area contributed by atoms with Gasteiger partial charge in [0.25, 0.3) is 0 Å². The number of hydrogen-bond donors (Lipinski definition) is 0. The number of nitrogens with zero attached hydrogens (tertiary/aromatic N) is 1. The first kappa shape index (κ1) is 21.9. The highest BCUT2D eigenvalue weighted by atomic mass is 16.5. The Morgan fingerprint density at radius 1 is 0.545 bits per heavy atom. The van der Waals surface area contributed by atoms with Gasteiger partial charge in [0.2, 0.25) is 0 Å². The second-order valence-corrected chi connectivity index (χ2v) is 6.58. The maximum absolute atomic E-state index is 5.70. The fraction of sp³-hybridized carbons (Fsp3) is 1.00. The fourth-order valence-corrected chi connectivity index (χ4v) is 2.82. The van der Waals surface area contributed by atoms with Gasteiger partial charge in [-0.25, -0.2) is 0 Å². The molecule has 0 saturated carbocycles. The average molecular weight is 314 g/mol. The molecule has 0 radical (unpaired) electrons. The second-order valence-electron chi connectivity index (χ2n) is 6.58. The molecule has 2 heteroatoms. The Morgan fingerprint density at radius 2 is 0.955 bits per heavy atom. The van der Waals surface area contributed by atoms with Crippen molar-refractivity contribution in [1.29, 1.82) is 0 Å². The number of rotatable bonds is 18. The number of ether oxygens (including phenoxy) is 1. The minimum Gasteiger partial charge on any atom is -0.366 e. The average Bonchev–Trinajstić information content (AvgIpc) is 2.55. The number of hydrogen-bond acceptors (Lipinski definition) is 2. The SMILES string of the molecule is CCCCCCCCCCCCCCCOCN(CC)CC. The molecule has 0 bridgehead atoms. The highest BCUT2D eigenvalue weighted by Crippen LogP contribution is 2.12. The van der Waals surface area contributed by atoms with Crippen molar-refractivity contribution >= 4 is 0 Å². The monoisotopic (exact) mass is 313 g/mol. The van der Waals surface area contributed by atoms with E-state index in [1.807, 2.05) is 0 Å². The Kier molecular flexibility index (Phi) is 18.9. The van der Waals surface area contributed by atoms with Crippen molar-refractivity contribution in [2.24, 2.45) is 0 Å². The largest absolute Gasteiger partial charge is 0.366 e. The zero-order valence-corrected chi connectivity index (χ0v) is 15.9. The predicted molar refractivity (Wildman–Crippen MR) is 99.4 cm³/mol. The van der Waals surface area contributed by atoms with E-state index in [0.717, 1.165) is 26.4 Å². The van der Waals surface area contributed by atoms with Crippen LogP contribution in [0.4, 0.5) is 0 Å². The second kappa shape index (κ2) is 19.0. The summed E-state index contributed by atoms with van der Waals surface area (Å²) in [6, 6.07) is 0. The minimum absolute atomic E-state index is 0.811. The molecular formula is C20H43NO. The molecular weight excluding hydrogens is 270 g/mol. The van der Waals surface area contributed by atoms with Crippen molar-refractivity contribution in [3.05, 3.63) is 0 Å². The number of unbranched alkanes of at least 4 members (excludes halogenated alkanes) is 12. The van der Waals surface area contributed by atoms with Crippen LogP contribution in [0.25, 0.3) is 0 Å². The van der Waals surface area contributed by atoms with E-state index < -0.39 is 0 Å². The van der Waals surface area contributed by atoms with E-state index in [4.69, 9.17) is 4.74 Å². The van der Waals surface area contributed by atoms with Gasteiger partial charge in [0.05, 0.1) is 6.73 Å². The molecule has 0 aliphatic rings. The zero-order chi connectivity index (χ0) is 16.3. The Balaban J connectivity index is 3.02. The van der Waals surface area contributed by atoms with E-state index >= 15 is 0 Å². The normalized spacial score (nSPS) is 11.5. The van der Waals surface area contributed by atoms with Gasteiger partial charge in [-0.05, 0) is 19.5 Å². The van der Waals surface area contributed by atoms with Crippen LogP contribution >= 0.6 is 0 Å². The maximum Gasteiger partial charge on any atom is 0.0990 e. The van der Waals surface area contributed by atoms with Crippen LogP contribution in [0.5, 0.6) is 0 Å². The molecule has 0 aromatic heterocycles. The summed E-state index contributed by atoms with van der Waals surface area (Å²) in [7, 11) is 0. The Morgan fingerprint density at radius 3 is 1.36 bits per heavy atom. The summed E-state index contributed by atoms with van der Waals surface area (Å²) in [4.78, 5) is 2.32. The summed E-state index contributed by atoms with van der Waals surface area (Å²) in [6.45, 7) is 10.6. The van der Waals surface area contributed by atoms with Crippen LogP contribution in [-0.4, -0.2) is 31.3 Å². The molecule has 0 unspecified atom stereocenters. The fourth-order valence-electron chi connectivity index (χ4n) is 2.82. The molecule has 0 saturated heterocycles. The third-order valence-electron chi connectivity index (χ3n) is 4.56. The lowest BCUT2D eigenvalue weighted by Gasteiger charge is -2.17. The third-order valence-corrected chi connectivity index (χ3v) is 4.56. The van der Waals surface area contributed by atoms with Crippen LogP contribution < -0.4 is 0 Å². The first-order valence-corrected chi connectivity index (χ1v) is 10.1. The van der Waals surface area contributed by atoms with E-state index in [1.54, 1.807) is 0 Å². The van der Waals surface area contributed by atoms with Crippen LogP contribution in [0, 0.1) is 0 Å². The molecule has 0 rings (SSSR count). The Bertz CT molecular complexity index is 192. The molecule has 0 heterocycles. The molecule has 0 aromatic carbocycles. The standard InChI is InChI=1S/C20H43NO/c1-4-7-8-9-10-11-12-13-14-15-16-17-18-19-22-20-21(5-2)6-3/h4-20H2,1-3H3. The van der Waals surface area contributed by atoms with Gasteiger partial charge in [-0.2, -0.15) is 0 Å². The Hall–Kier alpha value is -0.0800. The van der Waals surface area contributed by atoms with Crippen LogP contribution in [0.2, 0.25) is 0 Å². The maximum atomic E-state index is 5.70. The van der Waals surface area contributed by atoms with Crippen molar-refractivity contribution in [2.75, 3.05) is 26.4 Å². The molecule has 22 heavy (non-hydrogen) atoms. The summed E-state index contributed by atoms with van der Waals surface area (Å²) < 4.78 is 5.70. The van der Waals surface area contributed by atoms with Gasteiger partial charge in [-0.1, -0.05) is 97.8 Å². The van der Waals surface area contributed by atoms with Crippen molar-refractivity contribution in [3.8, 4) is 0 Å². The quantitative estimate of drug-likeness (QED) is 0.215. The molecule has 134 valence electrons. The van der Waals surface area contributed by atoms with Gasteiger partial charge in [0.1, 0.15) is 0 Å².